The molecule has 0 amide bonds. The highest BCUT2D eigenvalue weighted by molar-refractivity contribution is 6.66. The quantitative estimate of drug-likeness (QED) is 0.374. The molecule has 0 bridgehead atoms. The number of hydrogen-bond acceptors (Lipinski definition) is 0. The summed E-state index contributed by atoms with van der Waals surface area (Å²) in [5.41, 5.74) is 0. The summed E-state index contributed by atoms with van der Waals surface area (Å²) < 4.78 is 48.8. The van der Waals surface area contributed by atoms with Gasteiger partial charge in [-0.1, -0.05) is 0 Å². The summed E-state index contributed by atoms with van der Waals surface area (Å²) >= 11 is 0. The van der Waals surface area contributed by atoms with Crippen LogP contribution < -0.4 is 0 Å². The molecule has 11 heavy (non-hydrogen) atoms. The van der Waals surface area contributed by atoms with E-state index in [1.54, 1.807) is 0 Å². The minimum Gasteiger partial charge on any atom is -0.271 e. The van der Waals surface area contributed by atoms with E-state index in [2.05, 4.69) is 0 Å². The lowest BCUT2D eigenvalue weighted by Crippen LogP contribution is -2.20. The van der Waals surface area contributed by atoms with Gasteiger partial charge in [0.15, 0.2) is 0 Å². The van der Waals surface area contributed by atoms with Gasteiger partial charge in [0.1, 0.15) is 0 Å². The molecule has 0 aromatic heterocycles. The number of halogens is 4. The van der Waals surface area contributed by atoms with E-state index in [-0.39, 0.29) is 18.5 Å². The van der Waals surface area contributed by atoms with Crippen molar-refractivity contribution >= 4 is 17.5 Å². The second-order valence-electron chi connectivity index (χ2n) is 2.99. The van der Waals surface area contributed by atoms with Gasteiger partial charge in [0.25, 0.3) is 0 Å². The van der Waals surface area contributed by atoms with Crippen molar-refractivity contribution in [2.75, 3.05) is 0 Å². The standard InChI is InChI=1S/C5H12F4Si2/c1-10(6,7)4-3-5-11(2,8)9/h3-5H2,1-2H3. The molecule has 0 rings (SSSR count). The topological polar surface area (TPSA) is 0 Å². The van der Waals surface area contributed by atoms with Crippen molar-refractivity contribution < 1.29 is 16.4 Å². The molecule has 0 atom stereocenters. The molecule has 0 nitrogen and oxygen atoms in total. The van der Waals surface area contributed by atoms with Crippen LogP contribution in [0.3, 0.4) is 0 Å². The van der Waals surface area contributed by atoms with Crippen LogP contribution >= 0.6 is 0 Å². The van der Waals surface area contributed by atoms with Crippen molar-refractivity contribution in [1.29, 1.82) is 0 Å². The van der Waals surface area contributed by atoms with Gasteiger partial charge in [0, 0.05) is 0 Å². The molecule has 6 heteroatoms. The van der Waals surface area contributed by atoms with Gasteiger partial charge in [-0.05, 0) is 31.6 Å². The fraction of sp³-hybridized carbons (Fsp3) is 1.00. The Labute approximate surface area is 66.3 Å². The van der Waals surface area contributed by atoms with E-state index in [9.17, 15) is 16.4 Å². The van der Waals surface area contributed by atoms with Crippen LogP contribution in [-0.2, 0) is 0 Å². The fourth-order valence-corrected chi connectivity index (χ4v) is 2.66. The molecule has 0 aromatic carbocycles. The van der Waals surface area contributed by atoms with Crippen LogP contribution in [0.25, 0.3) is 0 Å². The first-order valence-electron chi connectivity index (χ1n) is 3.46. The fourth-order valence-electron chi connectivity index (χ4n) is 0.709. The lowest BCUT2D eigenvalue weighted by molar-refractivity contribution is 0.581. The second kappa shape index (κ2) is 3.70. The van der Waals surface area contributed by atoms with E-state index >= 15 is 0 Å². The lowest BCUT2D eigenvalue weighted by atomic mass is 10.6. The molecule has 0 fully saturated rings. The molecular formula is C5H12F4Si2. The van der Waals surface area contributed by atoms with Crippen LogP contribution in [-0.4, -0.2) is 17.5 Å². The molecule has 0 saturated heterocycles. The van der Waals surface area contributed by atoms with Crippen LogP contribution in [0.15, 0.2) is 0 Å². The van der Waals surface area contributed by atoms with Crippen LogP contribution in [0.1, 0.15) is 6.42 Å². The first kappa shape index (κ1) is 11.2. The first-order chi connectivity index (χ1) is 4.71. The van der Waals surface area contributed by atoms with E-state index in [0.717, 1.165) is 13.1 Å². The van der Waals surface area contributed by atoms with E-state index in [1.165, 1.54) is 0 Å². The molecule has 68 valence electrons. The molecule has 0 aliphatic heterocycles. The molecule has 0 radical (unpaired) electrons. The zero-order chi connectivity index (χ0) is 9.12. The van der Waals surface area contributed by atoms with Crippen molar-refractivity contribution in [3.05, 3.63) is 0 Å². The highest BCUT2D eigenvalue weighted by atomic mass is 28.4. The Bertz CT molecular complexity index is 101. The van der Waals surface area contributed by atoms with E-state index in [0.29, 0.717) is 0 Å². The predicted octanol–water partition coefficient (Wildman–Crippen LogP) is 3.40. The average Bonchev–Trinajstić information content (AvgIpc) is 1.55. The summed E-state index contributed by atoms with van der Waals surface area (Å²) in [4.78, 5) is 0. The van der Waals surface area contributed by atoms with Gasteiger partial charge >= 0.3 is 17.5 Å². The van der Waals surface area contributed by atoms with Crippen LogP contribution in [0.4, 0.5) is 16.4 Å². The van der Waals surface area contributed by atoms with Crippen molar-refractivity contribution in [3.63, 3.8) is 0 Å². The van der Waals surface area contributed by atoms with Gasteiger partial charge < -0.3 is 0 Å². The van der Waals surface area contributed by atoms with Crippen molar-refractivity contribution in [2.24, 2.45) is 0 Å². The monoisotopic (exact) mass is 204 g/mol. The summed E-state index contributed by atoms with van der Waals surface area (Å²) in [7, 11) is -8.14. The molecule has 0 unspecified atom stereocenters. The van der Waals surface area contributed by atoms with Gasteiger partial charge in [0.2, 0.25) is 0 Å². The highest BCUT2D eigenvalue weighted by Crippen LogP contribution is 2.22. The Kier molecular flexibility index (Phi) is 3.76. The van der Waals surface area contributed by atoms with E-state index in [1.807, 2.05) is 0 Å². The summed E-state index contributed by atoms with van der Waals surface area (Å²) in [6.45, 7) is 1.78. The first-order valence-corrected chi connectivity index (χ1v) is 8.39. The largest absolute Gasteiger partial charge is 0.422 e. The van der Waals surface area contributed by atoms with Crippen LogP contribution in [0.5, 0.6) is 0 Å². The zero-order valence-electron chi connectivity index (χ0n) is 6.63. The zero-order valence-corrected chi connectivity index (χ0v) is 8.63. The van der Waals surface area contributed by atoms with Gasteiger partial charge in [-0.2, -0.15) is 0 Å². The van der Waals surface area contributed by atoms with E-state index in [4.69, 9.17) is 0 Å². The predicted molar refractivity (Wildman–Crippen MR) is 41.9 cm³/mol. The summed E-state index contributed by atoms with van der Waals surface area (Å²) in [6.07, 6.45) is -0.00849. The minimum absolute atomic E-state index is 0.00849. The Hall–Kier alpha value is 0.154. The Balaban J connectivity index is 3.44. The van der Waals surface area contributed by atoms with E-state index < -0.39 is 17.5 Å². The third kappa shape index (κ3) is 10.2. The Morgan fingerprint density at radius 1 is 0.818 bits per heavy atom. The van der Waals surface area contributed by atoms with Crippen molar-refractivity contribution in [2.45, 2.75) is 31.6 Å². The molecule has 0 spiro atoms. The smallest absolute Gasteiger partial charge is 0.271 e. The maximum Gasteiger partial charge on any atom is 0.422 e. The molecule has 0 aliphatic rings. The van der Waals surface area contributed by atoms with Crippen molar-refractivity contribution in [3.8, 4) is 0 Å². The summed E-state index contributed by atoms with van der Waals surface area (Å²) in [6, 6.07) is -0.577. The third-order valence-electron chi connectivity index (χ3n) is 1.23. The lowest BCUT2D eigenvalue weighted by Gasteiger charge is -2.08. The average molecular weight is 204 g/mol. The van der Waals surface area contributed by atoms with Gasteiger partial charge in [-0.15, -0.1) is 0 Å². The van der Waals surface area contributed by atoms with Gasteiger partial charge in [0.05, 0.1) is 0 Å². The maximum atomic E-state index is 12.2. The second-order valence-corrected chi connectivity index (χ2v) is 8.27. The Morgan fingerprint density at radius 3 is 1.27 bits per heavy atom. The normalized spacial score (nSPS) is 13.6. The molecular weight excluding hydrogens is 192 g/mol. The van der Waals surface area contributed by atoms with Gasteiger partial charge in [-0.3, -0.25) is 16.4 Å². The highest BCUT2D eigenvalue weighted by Gasteiger charge is 2.32. The number of rotatable bonds is 4. The number of hydrogen-bond donors (Lipinski definition) is 0. The maximum absolute atomic E-state index is 12.2. The SMILES string of the molecule is C[Si](F)(F)CCC[Si](C)(F)F. The van der Waals surface area contributed by atoms with Crippen LogP contribution in [0.2, 0.25) is 25.2 Å². The molecule has 0 saturated carbocycles. The third-order valence-corrected chi connectivity index (χ3v) is 3.69. The van der Waals surface area contributed by atoms with Crippen LogP contribution in [0, 0.1) is 0 Å². The molecule has 0 aliphatic carbocycles. The van der Waals surface area contributed by atoms with Crippen molar-refractivity contribution in [1.82, 2.24) is 0 Å². The Morgan fingerprint density at radius 2 is 1.09 bits per heavy atom. The minimum atomic E-state index is -4.07. The molecule has 0 heterocycles. The summed E-state index contributed by atoms with van der Waals surface area (Å²) in [5.74, 6) is 0. The molecule has 0 aromatic rings. The van der Waals surface area contributed by atoms with Gasteiger partial charge in [-0.25, -0.2) is 0 Å². The summed E-state index contributed by atoms with van der Waals surface area (Å²) in [5, 5.41) is 0. The molecule has 0 N–H and O–H groups in total.